The van der Waals surface area contributed by atoms with Gasteiger partial charge in [0.2, 0.25) is 0 Å². The van der Waals surface area contributed by atoms with Crippen LogP contribution in [0.15, 0.2) is 61.4 Å². The molecule has 0 atom stereocenters. The monoisotopic (exact) mass is 503 g/mol. The molecule has 0 spiro atoms. The number of H-pyrrole nitrogens is 2. The van der Waals surface area contributed by atoms with E-state index in [4.69, 9.17) is 4.98 Å². The highest BCUT2D eigenvalue weighted by atomic mass is 15.1. The number of benzene rings is 1. The average Bonchev–Trinajstić information content (AvgIpc) is 3.74. The topological polar surface area (TPSA) is 113 Å². The summed E-state index contributed by atoms with van der Waals surface area (Å²) in [5.74, 6) is 1.49. The summed E-state index contributed by atoms with van der Waals surface area (Å²) in [6, 6.07) is 10.5. The molecule has 0 radical (unpaired) electrons. The molecule has 1 saturated carbocycles. The largest absolute Gasteiger partial charge is 0.333 e. The Labute approximate surface area is 219 Å². The summed E-state index contributed by atoms with van der Waals surface area (Å²) >= 11 is 0. The second kappa shape index (κ2) is 9.50. The van der Waals surface area contributed by atoms with Crippen molar-refractivity contribution in [2.75, 3.05) is 6.54 Å². The molecule has 9 nitrogen and oxygen atoms in total. The molecule has 1 aliphatic carbocycles. The molecule has 0 aliphatic heterocycles. The highest BCUT2D eigenvalue weighted by Gasteiger charge is 2.17. The van der Waals surface area contributed by atoms with Crippen LogP contribution in [0, 0.1) is 12.8 Å². The summed E-state index contributed by atoms with van der Waals surface area (Å²) in [6.45, 7) is 3.89. The summed E-state index contributed by atoms with van der Waals surface area (Å²) in [5, 5.41) is 12.4. The summed E-state index contributed by atoms with van der Waals surface area (Å²) in [7, 11) is 0. The van der Waals surface area contributed by atoms with Crippen LogP contribution in [0.4, 0.5) is 0 Å². The quantitative estimate of drug-likeness (QED) is 0.271. The van der Waals surface area contributed by atoms with Crippen molar-refractivity contribution in [3.05, 3.63) is 72.7 Å². The highest BCUT2D eigenvalue weighted by molar-refractivity contribution is 5.96. The second-order valence-corrected chi connectivity index (χ2v) is 10.2. The molecule has 1 aromatic carbocycles. The van der Waals surface area contributed by atoms with E-state index in [-0.39, 0.29) is 0 Å². The predicted octanol–water partition coefficient (Wildman–Crippen LogP) is 5.34. The molecule has 5 aromatic heterocycles. The van der Waals surface area contributed by atoms with Crippen molar-refractivity contribution in [2.45, 2.75) is 39.2 Å². The van der Waals surface area contributed by atoms with Crippen molar-refractivity contribution in [1.82, 2.24) is 45.0 Å². The van der Waals surface area contributed by atoms with Crippen molar-refractivity contribution in [2.24, 2.45) is 5.92 Å². The zero-order valence-electron chi connectivity index (χ0n) is 21.3. The number of fused-ring (bicyclic) bond motifs is 2. The molecule has 0 bridgehead atoms. The van der Waals surface area contributed by atoms with Gasteiger partial charge in [0.25, 0.3) is 0 Å². The van der Waals surface area contributed by atoms with Crippen molar-refractivity contribution >= 4 is 22.1 Å². The maximum Gasteiger partial charge on any atom is 0.180 e. The summed E-state index contributed by atoms with van der Waals surface area (Å²) in [5.41, 5.74) is 8.45. The lowest BCUT2D eigenvalue weighted by molar-refractivity contribution is 0.489. The molecule has 9 heteroatoms. The first-order chi connectivity index (χ1) is 18.7. The number of aryl methyl sites for hydroxylation is 1. The minimum Gasteiger partial charge on any atom is -0.333 e. The first-order valence-electron chi connectivity index (χ1n) is 13.2. The van der Waals surface area contributed by atoms with Gasteiger partial charge in [0.1, 0.15) is 11.2 Å². The van der Waals surface area contributed by atoms with Gasteiger partial charge in [0.05, 0.1) is 23.2 Å². The average molecular weight is 504 g/mol. The van der Waals surface area contributed by atoms with E-state index in [0.29, 0.717) is 11.5 Å². The van der Waals surface area contributed by atoms with Crippen LogP contribution in [0.5, 0.6) is 0 Å². The lowest BCUT2D eigenvalue weighted by Gasteiger charge is -2.11. The van der Waals surface area contributed by atoms with E-state index in [0.717, 1.165) is 63.6 Å². The Balaban J connectivity index is 1.20. The van der Waals surface area contributed by atoms with Crippen LogP contribution in [0.1, 0.15) is 36.9 Å². The van der Waals surface area contributed by atoms with E-state index in [1.54, 1.807) is 12.5 Å². The first kappa shape index (κ1) is 22.8. The number of aromatic amines is 2. The van der Waals surface area contributed by atoms with Crippen LogP contribution in [-0.2, 0) is 6.54 Å². The zero-order chi connectivity index (χ0) is 25.5. The molecule has 1 fully saturated rings. The van der Waals surface area contributed by atoms with E-state index < -0.39 is 0 Å². The summed E-state index contributed by atoms with van der Waals surface area (Å²) in [6.07, 6.45) is 14.9. The number of rotatable bonds is 7. The minimum absolute atomic E-state index is 0.637. The van der Waals surface area contributed by atoms with Crippen LogP contribution in [0.2, 0.25) is 0 Å². The molecule has 7 rings (SSSR count). The standard InChI is InChI=1S/C29H29N9/c1-18-16-38(17-33-18)25-8-9-32-28-27(25)34-29(35-28)26-23-11-21(6-7-24(23)36-37-26)22-10-20(14-31-15-22)13-30-12-19-4-2-3-5-19/h6-11,14-17,19,30H,2-5,12-13H2,1H3,(H,36,37)(H,32,34,35). The Hall–Kier alpha value is -4.37. The lowest BCUT2D eigenvalue weighted by atomic mass is 10.0. The number of pyridine rings is 2. The normalized spacial score (nSPS) is 14.2. The van der Waals surface area contributed by atoms with Gasteiger partial charge < -0.3 is 14.9 Å². The molecule has 0 unspecified atom stereocenters. The molecule has 6 aromatic rings. The third-order valence-corrected chi connectivity index (χ3v) is 7.51. The maximum atomic E-state index is 4.78. The van der Waals surface area contributed by atoms with Gasteiger partial charge in [-0.25, -0.2) is 15.0 Å². The summed E-state index contributed by atoms with van der Waals surface area (Å²) in [4.78, 5) is 21.6. The molecule has 0 saturated heterocycles. The van der Waals surface area contributed by atoms with Crippen molar-refractivity contribution in [1.29, 1.82) is 0 Å². The molecule has 5 heterocycles. The maximum absolute atomic E-state index is 4.78. The third-order valence-electron chi connectivity index (χ3n) is 7.51. The minimum atomic E-state index is 0.637. The Kier molecular flexibility index (Phi) is 5.70. The van der Waals surface area contributed by atoms with E-state index in [1.807, 2.05) is 36.1 Å². The van der Waals surface area contributed by atoms with Crippen LogP contribution < -0.4 is 5.32 Å². The fraction of sp³-hybridized carbons (Fsp3) is 0.276. The third kappa shape index (κ3) is 4.24. The molecule has 38 heavy (non-hydrogen) atoms. The molecule has 0 amide bonds. The van der Waals surface area contributed by atoms with Crippen LogP contribution in [-0.4, -0.2) is 46.2 Å². The summed E-state index contributed by atoms with van der Waals surface area (Å²) < 4.78 is 1.98. The Morgan fingerprint density at radius 1 is 1.05 bits per heavy atom. The second-order valence-electron chi connectivity index (χ2n) is 10.2. The van der Waals surface area contributed by atoms with Crippen molar-refractivity contribution in [3.8, 4) is 28.3 Å². The first-order valence-corrected chi connectivity index (χ1v) is 13.2. The Morgan fingerprint density at radius 3 is 2.84 bits per heavy atom. The van der Waals surface area contributed by atoms with Gasteiger partial charge in [-0.15, -0.1) is 0 Å². The van der Waals surface area contributed by atoms with Gasteiger partial charge in [0.15, 0.2) is 11.5 Å². The number of aromatic nitrogens is 8. The highest BCUT2D eigenvalue weighted by Crippen LogP contribution is 2.31. The fourth-order valence-electron chi connectivity index (χ4n) is 5.53. The van der Waals surface area contributed by atoms with E-state index >= 15 is 0 Å². The van der Waals surface area contributed by atoms with Crippen molar-refractivity contribution in [3.63, 3.8) is 0 Å². The molecule has 190 valence electrons. The van der Waals surface area contributed by atoms with Gasteiger partial charge in [-0.3, -0.25) is 10.1 Å². The molecule has 3 N–H and O–H groups in total. The van der Waals surface area contributed by atoms with Gasteiger partial charge >= 0.3 is 0 Å². The number of nitrogens with zero attached hydrogens (tertiary/aromatic N) is 6. The van der Waals surface area contributed by atoms with E-state index in [2.05, 4.69) is 59.7 Å². The Bertz CT molecular complexity index is 1740. The van der Waals surface area contributed by atoms with E-state index in [9.17, 15) is 0 Å². The number of hydrogen-bond donors (Lipinski definition) is 3. The number of hydrogen-bond acceptors (Lipinski definition) is 6. The van der Waals surface area contributed by atoms with Gasteiger partial charge in [0, 0.05) is 42.3 Å². The van der Waals surface area contributed by atoms with Crippen LogP contribution >= 0.6 is 0 Å². The molecule has 1 aliphatic rings. The van der Waals surface area contributed by atoms with Gasteiger partial charge in [-0.2, -0.15) is 5.10 Å². The fourth-order valence-corrected chi connectivity index (χ4v) is 5.53. The van der Waals surface area contributed by atoms with Crippen LogP contribution in [0.25, 0.3) is 50.4 Å². The molecular formula is C29H29N9. The Morgan fingerprint density at radius 2 is 1.97 bits per heavy atom. The van der Waals surface area contributed by atoms with Gasteiger partial charge in [-0.1, -0.05) is 18.9 Å². The smallest absolute Gasteiger partial charge is 0.180 e. The van der Waals surface area contributed by atoms with Crippen LogP contribution in [0.3, 0.4) is 0 Å². The number of imidazole rings is 2. The SMILES string of the molecule is Cc1cn(-c2ccnc3nc(-c4n[nH]c5ccc(-c6cncc(CNCC7CCCC7)c6)cc45)[nH]c23)cn1. The molecular weight excluding hydrogens is 474 g/mol. The zero-order valence-corrected chi connectivity index (χ0v) is 21.3. The van der Waals surface area contributed by atoms with Gasteiger partial charge in [-0.05, 0) is 67.6 Å². The number of nitrogens with one attached hydrogen (secondary N) is 3. The lowest BCUT2D eigenvalue weighted by Crippen LogP contribution is -2.20. The van der Waals surface area contributed by atoms with Crippen molar-refractivity contribution < 1.29 is 0 Å². The predicted molar refractivity (Wildman–Crippen MR) is 148 cm³/mol. The van der Waals surface area contributed by atoms with E-state index in [1.165, 1.54) is 31.2 Å².